The van der Waals surface area contributed by atoms with Crippen LogP contribution in [0.5, 0.6) is 0 Å². The molecule has 0 aliphatic heterocycles. The van der Waals surface area contributed by atoms with E-state index < -0.39 is 0 Å². The van der Waals surface area contributed by atoms with Crippen LogP contribution in [0.4, 0.5) is 5.69 Å². The Labute approximate surface area is 162 Å². The Balaban J connectivity index is 1.66. The third-order valence-electron chi connectivity index (χ3n) is 3.88. The number of benzene rings is 2. The van der Waals surface area contributed by atoms with E-state index in [4.69, 9.17) is 9.68 Å². The minimum Gasteiger partial charge on any atom is -0.467 e. The van der Waals surface area contributed by atoms with Crippen LogP contribution in [0.3, 0.4) is 0 Å². The van der Waals surface area contributed by atoms with Gasteiger partial charge in [0, 0.05) is 4.90 Å². The maximum absolute atomic E-state index is 12.5. The number of nitriles is 1. The highest BCUT2D eigenvalue weighted by atomic mass is 32.2. The molecule has 0 radical (unpaired) electrons. The van der Waals surface area contributed by atoms with Crippen molar-refractivity contribution in [3.63, 3.8) is 0 Å². The molecule has 1 aromatic heterocycles. The van der Waals surface area contributed by atoms with Crippen molar-refractivity contribution in [3.8, 4) is 6.07 Å². The Morgan fingerprint density at radius 2 is 1.85 bits per heavy atom. The lowest BCUT2D eigenvalue weighted by atomic mass is 10.0. The highest BCUT2D eigenvalue weighted by Gasteiger charge is 2.17. The molecule has 1 atom stereocenters. The highest BCUT2D eigenvalue weighted by molar-refractivity contribution is 7.99. The molecule has 5 nitrogen and oxygen atoms in total. The average molecular weight is 377 g/mol. The fraction of sp³-hybridized carbons (Fsp3) is 0.143. The van der Waals surface area contributed by atoms with Gasteiger partial charge in [-0.1, -0.05) is 42.5 Å². The summed E-state index contributed by atoms with van der Waals surface area (Å²) >= 11 is 1.40. The van der Waals surface area contributed by atoms with E-state index in [-0.39, 0.29) is 18.5 Å². The smallest absolute Gasteiger partial charge is 0.238 e. The maximum atomic E-state index is 12.5. The van der Waals surface area contributed by atoms with Gasteiger partial charge in [-0.3, -0.25) is 10.1 Å². The number of nitrogens with zero attached hydrogens (tertiary/aromatic N) is 1. The van der Waals surface area contributed by atoms with Gasteiger partial charge in [0.15, 0.2) is 0 Å². The third-order valence-corrected chi connectivity index (χ3v) is 4.82. The summed E-state index contributed by atoms with van der Waals surface area (Å²) in [6.45, 7) is 0.123. The second-order valence-electron chi connectivity index (χ2n) is 5.73. The Morgan fingerprint density at radius 3 is 2.59 bits per heavy atom. The van der Waals surface area contributed by atoms with Crippen LogP contribution in [0.25, 0.3) is 0 Å². The molecule has 3 rings (SSSR count). The van der Waals surface area contributed by atoms with E-state index in [1.54, 1.807) is 6.26 Å². The maximum Gasteiger partial charge on any atom is 0.238 e. The third kappa shape index (κ3) is 5.23. The summed E-state index contributed by atoms with van der Waals surface area (Å²) in [6, 6.07) is 22.9. The zero-order valence-electron chi connectivity index (χ0n) is 14.6. The van der Waals surface area contributed by atoms with Crippen molar-refractivity contribution in [2.75, 3.05) is 17.6 Å². The Hall–Kier alpha value is -3.01. The van der Waals surface area contributed by atoms with E-state index in [2.05, 4.69) is 16.7 Å². The first-order valence-corrected chi connectivity index (χ1v) is 9.47. The number of thioether (sulfide) groups is 1. The van der Waals surface area contributed by atoms with E-state index >= 15 is 0 Å². The van der Waals surface area contributed by atoms with Crippen molar-refractivity contribution >= 4 is 23.4 Å². The molecule has 1 heterocycles. The van der Waals surface area contributed by atoms with Crippen molar-refractivity contribution in [1.82, 2.24) is 5.32 Å². The minimum atomic E-state index is -0.213. The first-order chi connectivity index (χ1) is 13.3. The molecule has 0 fully saturated rings. The molecule has 0 aliphatic rings. The number of amides is 1. The van der Waals surface area contributed by atoms with E-state index in [0.717, 1.165) is 16.2 Å². The van der Waals surface area contributed by atoms with Crippen molar-refractivity contribution in [3.05, 3.63) is 84.3 Å². The number of para-hydroxylation sites is 1. The van der Waals surface area contributed by atoms with Gasteiger partial charge in [0.1, 0.15) is 5.76 Å². The minimum absolute atomic E-state index is 0.123. The molecule has 2 N–H and O–H groups in total. The monoisotopic (exact) mass is 377 g/mol. The standard InChI is InChI=1S/C21H19N3O2S/c22-12-14-27-19-11-5-4-9-17(19)24-20(25)15-23-21(18-10-6-13-26-18)16-7-2-1-3-8-16/h1-11,13,21,23H,14-15H2,(H,24,25)/t21-/m0/s1. The predicted octanol–water partition coefficient (Wildman–Crippen LogP) is 4.21. The van der Waals surface area contributed by atoms with Crippen LogP contribution in [-0.2, 0) is 4.79 Å². The first-order valence-electron chi connectivity index (χ1n) is 8.48. The molecule has 0 bridgehead atoms. The molecule has 27 heavy (non-hydrogen) atoms. The van der Waals surface area contributed by atoms with Gasteiger partial charge in [0.25, 0.3) is 0 Å². The summed E-state index contributed by atoms with van der Waals surface area (Å²) in [6.07, 6.45) is 1.62. The summed E-state index contributed by atoms with van der Waals surface area (Å²) in [5, 5.41) is 14.9. The topological polar surface area (TPSA) is 78.1 Å². The first kappa shape index (κ1) is 18.8. The number of rotatable bonds is 8. The van der Waals surface area contributed by atoms with Crippen molar-refractivity contribution < 1.29 is 9.21 Å². The molecule has 2 aromatic carbocycles. The summed E-state index contributed by atoms with van der Waals surface area (Å²) in [7, 11) is 0. The fourth-order valence-corrected chi connectivity index (χ4v) is 3.35. The Morgan fingerprint density at radius 1 is 1.07 bits per heavy atom. The van der Waals surface area contributed by atoms with E-state index in [9.17, 15) is 4.79 Å². The highest BCUT2D eigenvalue weighted by Crippen LogP contribution is 2.26. The van der Waals surface area contributed by atoms with Crippen LogP contribution in [-0.4, -0.2) is 18.2 Å². The lowest BCUT2D eigenvalue weighted by molar-refractivity contribution is -0.115. The molecular formula is C21H19N3O2S. The van der Waals surface area contributed by atoms with E-state index in [1.807, 2.05) is 66.7 Å². The number of nitrogens with one attached hydrogen (secondary N) is 2. The summed E-state index contributed by atoms with van der Waals surface area (Å²) in [5.74, 6) is 0.922. The van der Waals surface area contributed by atoms with Gasteiger partial charge in [-0.15, -0.1) is 11.8 Å². The average Bonchev–Trinajstić information content (AvgIpc) is 3.23. The van der Waals surface area contributed by atoms with E-state index in [1.165, 1.54) is 11.8 Å². The van der Waals surface area contributed by atoms with Crippen LogP contribution in [0.15, 0.2) is 82.3 Å². The van der Waals surface area contributed by atoms with Crippen molar-refractivity contribution in [2.24, 2.45) is 0 Å². The molecule has 0 saturated heterocycles. The Kier molecular flexibility index (Phi) is 6.69. The zero-order valence-corrected chi connectivity index (χ0v) is 15.4. The second-order valence-corrected chi connectivity index (χ2v) is 6.75. The van der Waals surface area contributed by atoms with Gasteiger partial charge < -0.3 is 9.73 Å². The van der Waals surface area contributed by atoms with Gasteiger partial charge >= 0.3 is 0 Å². The number of carbonyl (C=O) groups is 1. The molecular weight excluding hydrogens is 358 g/mol. The number of anilines is 1. The van der Waals surface area contributed by atoms with Crippen LogP contribution in [0, 0.1) is 11.3 Å². The van der Waals surface area contributed by atoms with E-state index in [0.29, 0.717) is 11.4 Å². The van der Waals surface area contributed by atoms with Gasteiger partial charge in [0.05, 0.1) is 36.4 Å². The summed E-state index contributed by atoms with van der Waals surface area (Å²) in [4.78, 5) is 13.3. The predicted molar refractivity (Wildman–Crippen MR) is 106 cm³/mol. The number of carbonyl (C=O) groups excluding carboxylic acids is 1. The summed E-state index contributed by atoms with van der Waals surface area (Å²) in [5.41, 5.74) is 1.73. The number of hydrogen-bond donors (Lipinski definition) is 2. The van der Waals surface area contributed by atoms with Crippen LogP contribution < -0.4 is 10.6 Å². The lowest BCUT2D eigenvalue weighted by Crippen LogP contribution is -2.31. The molecule has 0 unspecified atom stereocenters. The molecule has 0 saturated carbocycles. The van der Waals surface area contributed by atoms with Crippen molar-refractivity contribution in [1.29, 1.82) is 5.26 Å². The molecule has 0 spiro atoms. The van der Waals surface area contributed by atoms with Crippen molar-refractivity contribution in [2.45, 2.75) is 10.9 Å². The Bertz CT molecular complexity index is 905. The van der Waals surface area contributed by atoms with Gasteiger partial charge in [-0.2, -0.15) is 5.26 Å². The lowest BCUT2D eigenvalue weighted by Gasteiger charge is -2.17. The molecule has 6 heteroatoms. The largest absolute Gasteiger partial charge is 0.467 e. The molecule has 136 valence electrons. The molecule has 0 aliphatic carbocycles. The molecule has 1 amide bonds. The fourth-order valence-electron chi connectivity index (χ4n) is 2.68. The summed E-state index contributed by atoms with van der Waals surface area (Å²) < 4.78 is 5.54. The van der Waals surface area contributed by atoms with Gasteiger partial charge in [-0.25, -0.2) is 0 Å². The van der Waals surface area contributed by atoms with Crippen LogP contribution >= 0.6 is 11.8 Å². The zero-order chi connectivity index (χ0) is 18.9. The quantitative estimate of drug-likeness (QED) is 0.575. The number of furan rings is 1. The normalized spacial score (nSPS) is 11.5. The van der Waals surface area contributed by atoms with Crippen LogP contribution in [0.1, 0.15) is 17.4 Å². The van der Waals surface area contributed by atoms with Crippen LogP contribution in [0.2, 0.25) is 0 Å². The van der Waals surface area contributed by atoms with Gasteiger partial charge in [0.2, 0.25) is 5.91 Å². The van der Waals surface area contributed by atoms with Gasteiger partial charge in [-0.05, 0) is 29.8 Å². The second kappa shape index (κ2) is 9.62. The molecule has 3 aromatic rings. The SMILES string of the molecule is N#CCSc1ccccc1NC(=O)CN[C@@H](c1ccccc1)c1ccco1. The number of hydrogen-bond acceptors (Lipinski definition) is 5.